The predicted octanol–water partition coefficient (Wildman–Crippen LogP) is 7.17. The minimum Gasteiger partial charge on any atom is -0.474 e. The monoisotopic (exact) mass is 473 g/mol. The smallest absolute Gasteiger partial charge is 0.232 e. The molecule has 3 aromatic carbocycles. The van der Waals surface area contributed by atoms with E-state index in [1.165, 1.54) is 16.7 Å². The number of thioether (sulfide) groups is 1. The van der Waals surface area contributed by atoms with Crippen LogP contribution in [0.3, 0.4) is 0 Å². The van der Waals surface area contributed by atoms with E-state index in [4.69, 9.17) is 9.47 Å². The Labute approximate surface area is 204 Å². The molecule has 0 fully saturated rings. The average Bonchev–Trinajstić information content (AvgIpc) is 3.23. The first-order valence-electron chi connectivity index (χ1n) is 10.8. The van der Waals surface area contributed by atoms with Gasteiger partial charge in [0.25, 0.3) is 0 Å². The van der Waals surface area contributed by atoms with Crippen LogP contribution in [-0.4, -0.2) is 25.3 Å². The standard InChI is InChI=1S/C28H27NO2S2/c1-22-29-27(31-20-19-30-2)26(33-22)18-21-32-28(23-12-6-3-7-13-23,24-14-8-4-9-15-24)25-16-10-5-11-17-25/h3-18,21H,19-20H2,1-2H3/b21-18-. The van der Waals surface area contributed by atoms with E-state index in [2.05, 4.69) is 107 Å². The van der Waals surface area contributed by atoms with Gasteiger partial charge in [-0.05, 0) is 35.1 Å². The molecule has 0 aliphatic carbocycles. The SMILES string of the molecule is COCCOc1nc(C)sc1/C=C\SC(c1ccccc1)(c1ccccc1)c1ccccc1. The number of methoxy groups -OCH3 is 1. The number of aryl methyl sites for hydroxylation is 1. The Hall–Kier alpha value is -2.86. The topological polar surface area (TPSA) is 31.4 Å². The Kier molecular flexibility index (Phi) is 8.00. The number of nitrogens with zero attached hydrogens (tertiary/aromatic N) is 1. The summed E-state index contributed by atoms with van der Waals surface area (Å²) in [7, 11) is 1.67. The van der Waals surface area contributed by atoms with E-state index >= 15 is 0 Å². The molecule has 0 aliphatic heterocycles. The van der Waals surface area contributed by atoms with Gasteiger partial charge >= 0.3 is 0 Å². The summed E-state index contributed by atoms with van der Waals surface area (Å²) in [6.45, 7) is 3.02. The highest BCUT2D eigenvalue weighted by molar-refractivity contribution is 8.03. The normalized spacial score (nSPS) is 11.7. The van der Waals surface area contributed by atoms with Gasteiger partial charge in [-0.1, -0.05) is 91.0 Å². The molecule has 3 nitrogen and oxygen atoms in total. The van der Waals surface area contributed by atoms with Crippen LogP contribution >= 0.6 is 23.1 Å². The zero-order valence-electron chi connectivity index (χ0n) is 18.8. The number of aromatic nitrogens is 1. The van der Waals surface area contributed by atoms with Gasteiger partial charge in [0.2, 0.25) is 5.88 Å². The van der Waals surface area contributed by atoms with Gasteiger partial charge < -0.3 is 9.47 Å². The van der Waals surface area contributed by atoms with Crippen LogP contribution in [-0.2, 0) is 9.48 Å². The lowest BCUT2D eigenvalue weighted by Gasteiger charge is -2.34. The molecule has 0 bridgehead atoms. The van der Waals surface area contributed by atoms with Crippen molar-refractivity contribution in [2.24, 2.45) is 0 Å². The van der Waals surface area contributed by atoms with Gasteiger partial charge in [0.15, 0.2) is 0 Å². The largest absolute Gasteiger partial charge is 0.474 e. The predicted molar refractivity (Wildman–Crippen MR) is 140 cm³/mol. The van der Waals surface area contributed by atoms with Crippen molar-refractivity contribution >= 4 is 29.2 Å². The minimum absolute atomic E-state index is 0.392. The molecule has 0 atom stereocenters. The van der Waals surface area contributed by atoms with Crippen LogP contribution in [0.1, 0.15) is 26.6 Å². The van der Waals surface area contributed by atoms with E-state index in [1.807, 2.05) is 6.92 Å². The van der Waals surface area contributed by atoms with Gasteiger partial charge in [-0.25, -0.2) is 4.98 Å². The van der Waals surface area contributed by atoms with Gasteiger partial charge in [-0.15, -0.1) is 23.1 Å². The van der Waals surface area contributed by atoms with Crippen LogP contribution in [0.2, 0.25) is 0 Å². The van der Waals surface area contributed by atoms with Crippen LogP contribution in [0.25, 0.3) is 6.08 Å². The molecule has 0 amide bonds. The van der Waals surface area contributed by atoms with E-state index < -0.39 is 4.75 Å². The molecule has 0 spiro atoms. The highest BCUT2D eigenvalue weighted by atomic mass is 32.2. The van der Waals surface area contributed by atoms with Gasteiger partial charge in [0.05, 0.1) is 21.2 Å². The molecule has 0 aliphatic rings. The molecule has 0 radical (unpaired) electrons. The molecule has 5 heteroatoms. The lowest BCUT2D eigenvalue weighted by molar-refractivity contribution is 0.144. The molecule has 1 heterocycles. The fraction of sp³-hybridized carbons (Fsp3) is 0.179. The zero-order chi connectivity index (χ0) is 22.9. The van der Waals surface area contributed by atoms with Crippen LogP contribution < -0.4 is 4.74 Å². The Morgan fingerprint density at radius 3 is 1.82 bits per heavy atom. The van der Waals surface area contributed by atoms with Crippen LogP contribution in [0.5, 0.6) is 5.88 Å². The van der Waals surface area contributed by atoms with Crippen LogP contribution in [0.4, 0.5) is 0 Å². The first kappa shape index (κ1) is 23.3. The molecule has 1 aromatic heterocycles. The number of hydrogen-bond donors (Lipinski definition) is 0. The fourth-order valence-corrected chi connectivity index (χ4v) is 5.86. The molecule has 0 saturated carbocycles. The quantitative estimate of drug-likeness (QED) is 0.180. The molecule has 4 rings (SSSR count). The molecule has 168 valence electrons. The van der Waals surface area contributed by atoms with Crippen molar-refractivity contribution < 1.29 is 9.47 Å². The minimum atomic E-state index is -0.392. The number of thiazole rings is 1. The first-order valence-corrected chi connectivity index (χ1v) is 12.5. The van der Waals surface area contributed by atoms with E-state index in [9.17, 15) is 0 Å². The summed E-state index contributed by atoms with van der Waals surface area (Å²) in [6.07, 6.45) is 2.11. The van der Waals surface area contributed by atoms with Gasteiger partial charge in [-0.2, -0.15) is 0 Å². The van der Waals surface area contributed by atoms with Crippen molar-refractivity contribution in [2.75, 3.05) is 20.3 Å². The van der Waals surface area contributed by atoms with E-state index in [0.29, 0.717) is 19.1 Å². The molecule has 33 heavy (non-hydrogen) atoms. The summed E-state index contributed by atoms with van der Waals surface area (Å²) in [5, 5.41) is 3.15. The maximum absolute atomic E-state index is 5.85. The number of ether oxygens (including phenoxy) is 2. The Bertz CT molecular complexity index is 1060. The molecule has 0 N–H and O–H groups in total. The second kappa shape index (κ2) is 11.3. The van der Waals surface area contributed by atoms with Crippen LogP contribution in [0.15, 0.2) is 96.4 Å². The molecule has 0 saturated heterocycles. The lowest BCUT2D eigenvalue weighted by Crippen LogP contribution is -2.24. The molecule has 4 aromatic rings. The van der Waals surface area contributed by atoms with E-state index in [-0.39, 0.29) is 0 Å². The average molecular weight is 474 g/mol. The van der Waals surface area contributed by atoms with Crippen molar-refractivity contribution in [1.29, 1.82) is 0 Å². The lowest BCUT2D eigenvalue weighted by atomic mass is 9.84. The molecular formula is C28H27NO2S2. The summed E-state index contributed by atoms with van der Waals surface area (Å²) in [5.41, 5.74) is 3.69. The third-order valence-corrected chi connectivity index (χ3v) is 7.51. The van der Waals surface area contributed by atoms with Crippen molar-refractivity contribution in [2.45, 2.75) is 11.7 Å². The van der Waals surface area contributed by atoms with Gasteiger partial charge in [-0.3, -0.25) is 0 Å². The Balaban J connectivity index is 1.76. The Morgan fingerprint density at radius 2 is 1.33 bits per heavy atom. The Morgan fingerprint density at radius 1 is 0.818 bits per heavy atom. The summed E-state index contributed by atoms with van der Waals surface area (Å²) < 4.78 is 10.6. The number of hydrogen-bond acceptors (Lipinski definition) is 5. The van der Waals surface area contributed by atoms with Crippen molar-refractivity contribution in [3.63, 3.8) is 0 Å². The second-order valence-electron chi connectivity index (χ2n) is 7.44. The van der Waals surface area contributed by atoms with Crippen LogP contribution in [0, 0.1) is 6.92 Å². The maximum Gasteiger partial charge on any atom is 0.232 e. The van der Waals surface area contributed by atoms with Crippen molar-refractivity contribution in [3.8, 4) is 5.88 Å². The number of rotatable bonds is 10. The van der Waals surface area contributed by atoms with E-state index in [0.717, 1.165) is 9.88 Å². The van der Waals surface area contributed by atoms with Crippen molar-refractivity contribution in [3.05, 3.63) is 123 Å². The van der Waals surface area contributed by atoms with Crippen molar-refractivity contribution in [1.82, 2.24) is 4.98 Å². The highest BCUT2D eigenvalue weighted by Crippen LogP contribution is 2.49. The first-order chi connectivity index (χ1) is 16.2. The summed E-state index contributed by atoms with van der Waals surface area (Å²) in [5.74, 6) is 0.663. The molecule has 0 unspecified atom stereocenters. The zero-order valence-corrected chi connectivity index (χ0v) is 20.4. The summed E-state index contributed by atoms with van der Waals surface area (Å²) in [4.78, 5) is 5.57. The second-order valence-corrected chi connectivity index (χ2v) is 9.80. The third kappa shape index (κ3) is 5.38. The van der Waals surface area contributed by atoms with Gasteiger partial charge in [0.1, 0.15) is 6.61 Å². The third-order valence-electron chi connectivity index (χ3n) is 5.26. The molecular weight excluding hydrogens is 446 g/mol. The van der Waals surface area contributed by atoms with E-state index in [1.54, 1.807) is 30.2 Å². The summed E-state index contributed by atoms with van der Waals surface area (Å²) >= 11 is 3.42. The van der Waals surface area contributed by atoms with Gasteiger partial charge in [0, 0.05) is 7.11 Å². The highest BCUT2D eigenvalue weighted by Gasteiger charge is 2.36. The summed E-state index contributed by atoms with van der Waals surface area (Å²) in [6, 6.07) is 32.1. The number of benzene rings is 3. The fourth-order valence-electron chi connectivity index (χ4n) is 3.77. The maximum atomic E-state index is 5.85.